The van der Waals surface area contributed by atoms with Gasteiger partial charge in [-0.2, -0.15) is 0 Å². The molecule has 1 heterocycles. The Morgan fingerprint density at radius 2 is 1.89 bits per heavy atom. The number of hydrogen-bond donors (Lipinski definition) is 0. The van der Waals surface area contributed by atoms with Crippen molar-refractivity contribution >= 4 is 40.6 Å². The molecule has 0 aromatic heterocycles. The average Bonchev–Trinajstić information content (AvgIpc) is 2.91. The van der Waals surface area contributed by atoms with Gasteiger partial charge in [-0.25, -0.2) is 4.39 Å². The summed E-state index contributed by atoms with van der Waals surface area (Å²) in [5.41, 5.74) is 0.774. The van der Waals surface area contributed by atoms with E-state index in [4.69, 9.17) is 21.1 Å². The first kappa shape index (κ1) is 19.3. The fourth-order valence-electron chi connectivity index (χ4n) is 2.57. The number of hydrogen-bond acceptors (Lipinski definition) is 5. The van der Waals surface area contributed by atoms with Crippen LogP contribution in [0.3, 0.4) is 0 Å². The van der Waals surface area contributed by atoms with E-state index >= 15 is 0 Å². The predicted octanol–water partition coefficient (Wildman–Crippen LogP) is 4.73. The first-order valence-corrected chi connectivity index (χ1v) is 9.04. The molecule has 0 radical (unpaired) electrons. The Bertz CT molecular complexity index is 927. The van der Waals surface area contributed by atoms with Crippen LogP contribution in [0.1, 0.15) is 11.1 Å². The first-order chi connectivity index (χ1) is 12.9. The van der Waals surface area contributed by atoms with Crippen molar-refractivity contribution < 1.29 is 23.5 Å². The SMILES string of the molecule is COc1ccc(C=C2SC(=O)N(Cc3c(F)cccc3Cl)C2=O)cc1OC. The molecule has 1 aliphatic rings. The van der Waals surface area contributed by atoms with Crippen LogP contribution in [0.2, 0.25) is 5.02 Å². The molecule has 5 nitrogen and oxygen atoms in total. The number of halogens is 2. The summed E-state index contributed by atoms with van der Waals surface area (Å²) in [6, 6.07) is 9.35. The third-order valence-corrected chi connectivity index (χ3v) is 5.22. The van der Waals surface area contributed by atoms with Crippen molar-refractivity contribution in [2.45, 2.75) is 6.54 Å². The van der Waals surface area contributed by atoms with Crippen LogP contribution in [-0.2, 0) is 11.3 Å². The fraction of sp³-hybridized carbons (Fsp3) is 0.158. The van der Waals surface area contributed by atoms with Crippen LogP contribution < -0.4 is 9.47 Å². The second-order valence-electron chi connectivity index (χ2n) is 5.58. The lowest BCUT2D eigenvalue weighted by molar-refractivity contribution is -0.123. The molecular weight excluding hydrogens is 393 g/mol. The summed E-state index contributed by atoms with van der Waals surface area (Å²) in [5.74, 6) is -0.00917. The fourth-order valence-corrected chi connectivity index (χ4v) is 3.63. The Hall–Kier alpha value is -2.51. The Labute approximate surface area is 164 Å². The highest BCUT2D eigenvalue weighted by Crippen LogP contribution is 2.36. The molecule has 2 amide bonds. The Morgan fingerprint density at radius 3 is 2.56 bits per heavy atom. The van der Waals surface area contributed by atoms with Gasteiger partial charge in [0.05, 0.1) is 25.7 Å². The molecule has 0 N–H and O–H groups in total. The molecule has 3 rings (SSSR count). The highest BCUT2D eigenvalue weighted by Gasteiger charge is 2.35. The third kappa shape index (κ3) is 3.94. The quantitative estimate of drug-likeness (QED) is 0.670. The maximum Gasteiger partial charge on any atom is 0.293 e. The number of methoxy groups -OCH3 is 2. The van der Waals surface area contributed by atoms with Gasteiger partial charge in [-0.05, 0) is 47.7 Å². The molecule has 2 aromatic rings. The zero-order chi connectivity index (χ0) is 19.6. The van der Waals surface area contributed by atoms with Crippen LogP contribution in [0.5, 0.6) is 11.5 Å². The number of amides is 2. The number of ether oxygens (including phenoxy) is 2. The molecule has 2 aromatic carbocycles. The van der Waals surface area contributed by atoms with E-state index < -0.39 is 17.0 Å². The van der Waals surface area contributed by atoms with Crippen LogP contribution in [0, 0.1) is 5.82 Å². The topological polar surface area (TPSA) is 55.8 Å². The van der Waals surface area contributed by atoms with Gasteiger partial charge >= 0.3 is 0 Å². The summed E-state index contributed by atoms with van der Waals surface area (Å²) in [6.07, 6.45) is 1.58. The summed E-state index contributed by atoms with van der Waals surface area (Å²) in [6.45, 7) is -0.223. The van der Waals surface area contributed by atoms with E-state index in [-0.39, 0.29) is 22.0 Å². The minimum Gasteiger partial charge on any atom is -0.493 e. The zero-order valence-electron chi connectivity index (χ0n) is 14.5. The minimum atomic E-state index is -0.564. The van der Waals surface area contributed by atoms with Gasteiger partial charge in [-0.1, -0.05) is 23.7 Å². The van der Waals surface area contributed by atoms with Gasteiger partial charge in [-0.3, -0.25) is 14.5 Å². The van der Waals surface area contributed by atoms with Crippen molar-refractivity contribution in [2.75, 3.05) is 14.2 Å². The van der Waals surface area contributed by atoms with E-state index in [0.717, 1.165) is 16.7 Å². The molecule has 0 spiro atoms. The average molecular weight is 408 g/mol. The lowest BCUT2D eigenvalue weighted by atomic mass is 10.1. The van der Waals surface area contributed by atoms with Crippen LogP contribution >= 0.6 is 23.4 Å². The Kier molecular flexibility index (Phi) is 5.72. The summed E-state index contributed by atoms with van der Waals surface area (Å²) in [4.78, 5) is 26.1. The summed E-state index contributed by atoms with van der Waals surface area (Å²) in [7, 11) is 3.03. The van der Waals surface area contributed by atoms with Gasteiger partial charge in [0, 0.05) is 10.6 Å². The number of benzene rings is 2. The number of carbonyl (C=O) groups is 2. The number of carbonyl (C=O) groups excluding carboxylic acids is 2. The summed E-state index contributed by atoms with van der Waals surface area (Å²) < 4.78 is 24.4. The molecule has 27 heavy (non-hydrogen) atoms. The van der Waals surface area contributed by atoms with Gasteiger partial charge in [-0.15, -0.1) is 0 Å². The lowest BCUT2D eigenvalue weighted by Gasteiger charge is -2.14. The van der Waals surface area contributed by atoms with Crippen molar-refractivity contribution in [2.24, 2.45) is 0 Å². The predicted molar refractivity (Wildman–Crippen MR) is 102 cm³/mol. The van der Waals surface area contributed by atoms with Gasteiger partial charge in [0.1, 0.15) is 5.82 Å². The van der Waals surface area contributed by atoms with E-state index in [1.807, 2.05) is 0 Å². The van der Waals surface area contributed by atoms with Gasteiger partial charge in [0.25, 0.3) is 11.1 Å². The molecule has 140 valence electrons. The van der Waals surface area contributed by atoms with Crippen LogP contribution in [0.4, 0.5) is 9.18 Å². The number of rotatable bonds is 5. The molecule has 0 atom stereocenters. The minimum absolute atomic E-state index is 0.105. The molecule has 0 aliphatic carbocycles. The smallest absolute Gasteiger partial charge is 0.293 e. The normalized spacial score (nSPS) is 15.6. The molecule has 0 saturated carbocycles. The van der Waals surface area contributed by atoms with Crippen LogP contribution in [0.15, 0.2) is 41.3 Å². The number of nitrogens with zero attached hydrogens (tertiary/aromatic N) is 1. The second-order valence-corrected chi connectivity index (χ2v) is 6.98. The van der Waals surface area contributed by atoms with Gasteiger partial charge in [0.2, 0.25) is 0 Å². The van der Waals surface area contributed by atoms with Crippen molar-refractivity contribution in [1.82, 2.24) is 4.90 Å². The molecule has 0 bridgehead atoms. The summed E-state index contributed by atoms with van der Waals surface area (Å²) >= 11 is 6.79. The maximum atomic E-state index is 14.0. The first-order valence-electron chi connectivity index (χ1n) is 7.85. The van der Waals surface area contributed by atoms with Crippen LogP contribution in [-0.4, -0.2) is 30.3 Å². The van der Waals surface area contributed by atoms with E-state index in [1.165, 1.54) is 32.4 Å². The van der Waals surface area contributed by atoms with Crippen molar-refractivity contribution in [3.63, 3.8) is 0 Å². The lowest BCUT2D eigenvalue weighted by Crippen LogP contribution is -2.28. The molecule has 1 saturated heterocycles. The highest BCUT2D eigenvalue weighted by atomic mass is 35.5. The monoisotopic (exact) mass is 407 g/mol. The van der Waals surface area contributed by atoms with Crippen molar-refractivity contribution in [3.05, 3.63) is 63.3 Å². The second kappa shape index (κ2) is 8.02. The van der Waals surface area contributed by atoms with Gasteiger partial charge in [0.15, 0.2) is 11.5 Å². The van der Waals surface area contributed by atoms with E-state index in [9.17, 15) is 14.0 Å². The van der Waals surface area contributed by atoms with Crippen LogP contribution in [0.25, 0.3) is 6.08 Å². The van der Waals surface area contributed by atoms with Gasteiger partial charge < -0.3 is 9.47 Å². The Morgan fingerprint density at radius 1 is 1.15 bits per heavy atom. The molecular formula is C19H15ClFNO4S. The zero-order valence-corrected chi connectivity index (χ0v) is 16.1. The Balaban J connectivity index is 1.87. The standard InChI is InChI=1S/C19H15ClFNO4S/c1-25-15-7-6-11(8-16(15)26-2)9-17-18(23)22(19(24)27-17)10-12-13(20)4-3-5-14(12)21/h3-9H,10H2,1-2H3. The third-order valence-electron chi connectivity index (χ3n) is 3.96. The molecule has 8 heteroatoms. The molecule has 1 fully saturated rings. The largest absolute Gasteiger partial charge is 0.493 e. The number of thioether (sulfide) groups is 1. The molecule has 1 aliphatic heterocycles. The summed E-state index contributed by atoms with van der Waals surface area (Å²) in [5, 5.41) is -0.316. The number of imide groups is 1. The maximum absolute atomic E-state index is 14.0. The van der Waals surface area contributed by atoms with E-state index in [0.29, 0.717) is 17.1 Å². The van der Waals surface area contributed by atoms with E-state index in [1.54, 1.807) is 24.3 Å². The van der Waals surface area contributed by atoms with E-state index in [2.05, 4.69) is 0 Å². The molecule has 0 unspecified atom stereocenters. The van der Waals surface area contributed by atoms with Crippen molar-refractivity contribution in [1.29, 1.82) is 0 Å². The van der Waals surface area contributed by atoms with Crippen molar-refractivity contribution in [3.8, 4) is 11.5 Å². The highest BCUT2D eigenvalue weighted by molar-refractivity contribution is 8.18.